The molecular weight excluding hydrogens is 436 g/mol. The van der Waals surface area contributed by atoms with Gasteiger partial charge in [-0.15, -0.1) is 0 Å². The molecule has 2 aromatic rings. The van der Waals surface area contributed by atoms with Crippen LogP contribution in [0.15, 0.2) is 36.4 Å². The van der Waals surface area contributed by atoms with Crippen molar-refractivity contribution in [2.75, 3.05) is 20.3 Å². The molecule has 33 heavy (non-hydrogen) atoms. The second kappa shape index (κ2) is 12.4. The van der Waals surface area contributed by atoms with Gasteiger partial charge in [-0.1, -0.05) is 13.8 Å². The molecule has 0 saturated heterocycles. The van der Waals surface area contributed by atoms with Crippen LogP contribution in [0.1, 0.15) is 47.4 Å². The first-order valence-electron chi connectivity index (χ1n) is 10.3. The number of carbonyl (C=O) groups is 3. The van der Waals surface area contributed by atoms with Crippen LogP contribution < -0.4 is 25.6 Å². The maximum absolute atomic E-state index is 13.6. The fraction of sp³-hybridized carbons (Fsp3) is 0.348. The molecule has 0 spiro atoms. The Bertz CT molecular complexity index is 998. The number of hydrogen-bond donors (Lipinski definition) is 3. The molecule has 3 amide bonds. The number of carbonyl (C=O) groups excluding carboxylic acids is 3. The normalized spacial score (nSPS) is 10.5. The van der Waals surface area contributed by atoms with Crippen LogP contribution in [0.4, 0.5) is 8.78 Å². The van der Waals surface area contributed by atoms with E-state index in [9.17, 15) is 23.2 Å². The van der Waals surface area contributed by atoms with Crippen LogP contribution in [0.5, 0.6) is 11.5 Å². The Labute approximate surface area is 190 Å². The highest BCUT2D eigenvalue weighted by Crippen LogP contribution is 2.28. The van der Waals surface area contributed by atoms with Crippen LogP contribution in [-0.4, -0.2) is 38.0 Å². The van der Waals surface area contributed by atoms with E-state index < -0.39 is 29.4 Å². The fourth-order valence-electron chi connectivity index (χ4n) is 2.65. The predicted octanol–water partition coefficient (Wildman–Crippen LogP) is 2.98. The molecule has 2 rings (SSSR count). The lowest BCUT2D eigenvalue weighted by atomic mass is 10.1. The van der Waals surface area contributed by atoms with E-state index in [1.54, 1.807) is 6.07 Å². The van der Waals surface area contributed by atoms with Crippen molar-refractivity contribution in [1.82, 2.24) is 16.2 Å². The van der Waals surface area contributed by atoms with E-state index in [1.165, 1.54) is 19.2 Å². The minimum absolute atomic E-state index is 0.117. The summed E-state index contributed by atoms with van der Waals surface area (Å²) in [5.74, 6) is -2.37. The van der Waals surface area contributed by atoms with Gasteiger partial charge in [-0.3, -0.25) is 25.2 Å². The van der Waals surface area contributed by atoms with E-state index in [1.807, 2.05) is 0 Å². The molecule has 0 atom stereocenters. The minimum atomic E-state index is -1.00. The zero-order chi connectivity index (χ0) is 24.4. The van der Waals surface area contributed by atoms with Crippen LogP contribution in [0.2, 0.25) is 0 Å². The molecule has 178 valence electrons. The first-order chi connectivity index (χ1) is 15.7. The molecule has 0 aliphatic rings. The van der Waals surface area contributed by atoms with Gasteiger partial charge in [-0.2, -0.15) is 0 Å². The molecule has 0 unspecified atom stereocenters. The summed E-state index contributed by atoms with van der Waals surface area (Å²) in [6.45, 7) is 4.57. The zero-order valence-electron chi connectivity index (χ0n) is 18.7. The van der Waals surface area contributed by atoms with Gasteiger partial charge in [0.05, 0.1) is 19.3 Å². The number of amides is 3. The molecule has 0 heterocycles. The first-order valence-corrected chi connectivity index (χ1v) is 10.3. The topological polar surface area (TPSA) is 106 Å². The number of nitrogens with one attached hydrogen (secondary N) is 3. The highest BCUT2D eigenvalue weighted by molar-refractivity contribution is 5.96. The van der Waals surface area contributed by atoms with E-state index in [0.717, 1.165) is 18.6 Å². The molecule has 8 nitrogen and oxygen atoms in total. The number of benzene rings is 2. The van der Waals surface area contributed by atoms with Gasteiger partial charge in [0.1, 0.15) is 11.6 Å². The number of methoxy groups -OCH3 is 1. The second-order valence-corrected chi connectivity index (χ2v) is 7.53. The maximum Gasteiger partial charge on any atom is 0.269 e. The highest BCUT2D eigenvalue weighted by Gasteiger charge is 2.14. The Hall–Kier alpha value is -3.69. The summed E-state index contributed by atoms with van der Waals surface area (Å²) in [5, 5.41) is 2.35. The Morgan fingerprint density at radius 3 is 2.39 bits per heavy atom. The Balaban J connectivity index is 1.80. The van der Waals surface area contributed by atoms with Crippen molar-refractivity contribution in [3.05, 3.63) is 59.2 Å². The lowest BCUT2D eigenvalue weighted by molar-refractivity contribution is -0.121. The van der Waals surface area contributed by atoms with E-state index in [2.05, 4.69) is 30.0 Å². The lowest BCUT2D eigenvalue weighted by Crippen LogP contribution is -2.42. The van der Waals surface area contributed by atoms with Gasteiger partial charge in [-0.25, -0.2) is 8.78 Å². The van der Waals surface area contributed by atoms with Gasteiger partial charge < -0.3 is 14.8 Å². The molecule has 2 aromatic carbocycles. The number of ether oxygens (including phenoxy) is 2. The summed E-state index contributed by atoms with van der Waals surface area (Å²) in [6.07, 6.45) is 0.692. The van der Waals surface area contributed by atoms with Crippen LogP contribution in [0.25, 0.3) is 0 Å². The summed E-state index contributed by atoms with van der Waals surface area (Å²) in [6, 6.07) is 7.20. The average Bonchev–Trinajstić information content (AvgIpc) is 2.77. The lowest BCUT2D eigenvalue weighted by Gasteiger charge is -2.13. The molecule has 0 aromatic heterocycles. The molecule has 0 aliphatic heterocycles. The molecule has 0 bridgehead atoms. The Morgan fingerprint density at radius 1 is 0.970 bits per heavy atom. The number of halogens is 2. The summed E-state index contributed by atoms with van der Waals surface area (Å²) in [4.78, 5) is 36.1. The SMILES string of the molecule is COc1cc(C(=O)NNC(=O)CCNC(=O)c2ccc(F)cc2F)ccc1OCCC(C)C. The molecule has 10 heteroatoms. The average molecular weight is 463 g/mol. The van der Waals surface area contributed by atoms with Crippen molar-refractivity contribution in [2.45, 2.75) is 26.7 Å². The van der Waals surface area contributed by atoms with E-state index in [-0.39, 0.29) is 24.1 Å². The first kappa shape index (κ1) is 25.6. The van der Waals surface area contributed by atoms with Gasteiger partial charge in [-0.05, 0) is 42.7 Å². The quantitative estimate of drug-likeness (QED) is 0.470. The van der Waals surface area contributed by atoms with Crippen molar-refractivity contribution < 1.29 is 32.6 Å². The smallest absolute Gasteiger partial charge is 0.269 e. The van der Waals surface area contributed by atoms with Gasteiger partial charge >= 0.3 is 0 Å². The summed E-state index contributed by atoms with van der Waals surface area (Å²) in [5.41, 5.74) is 4.39. The number of hydrogen-bond acceptors (Lipinski definition) is 5. The molecule has 0 saturated carbocycles. The largest absolute Gasteiger partial charge is 0.493 e. The summed E-state index contributed by atoms with van der Waals surface area (Å²) >= 11 is 0. The second-order valence-electron chi connectivity index (χ2n) is 7.53. The molecule has 0 radical (unpaired) electrons. The van der Waals surface area contributed by atoms with Gasteiger partial charge in [0.15, 0.2) is 11.5 Å². The maximum atomic E-state index is 13.6. The Kier molecular flexibility index (Phi) is 9.59. The van der Waals surface area contributed by atoms with Crippen molar-refractivity contribution in [3.8, 4) is 11.5 Å². The monoisotopic (exact) mass is 463 g/mol. The van der Waals surface area contributed by atoms with E-state index in [4.69, 9.17) is 9.47 Å². The summed E-state index contributed by atoms with van der Waals surface area (Å²) in [7, 11) is 1.46. The van der Waals surface area contributed by atoms with E-state index >= 15 is 0 Å². The van der Waals surface area contributed by atoms with Crippen LogP contribution >= 0.6 is 0 Å². The highest BCUT2D eigenvalue weighted by atomic mass is 19.1. The minimum Gasteiger partial charge on any atom is -0.493 e. The van der Waals surface area contributed by atoms with Gasteiger partial charge in [0.2, 0.25) is 5.91 Å². The van der Waals surface area contributed by atoms with Crippen molar-refractivity contribution in [1.29, 1.82) is 0 Å². The molecule has 3 N–H and O–H groups in total. The van der Waals surface area contributed by atoms with E-state index in [0.29, 0.717) is 30.1 Å². The third-order valence-corrected chi connectivity index (χ3v) is 4.51. The third-order valence-electron chi connectivity index (χ3n) is 4.51. The third kappa shape index (κ3) is 8.06. The van der Waals surface area contributed by atoms with Gasteiger partial charge in [0.25, 0.3) is 11.8 Å². The van der Waals surface area contributed by atoms with Crippen LogP contribution in [-0.2, 0) is 4.79 Å². The number of hydrazine groups is 1. The Morgan fingerprint density at radius 2 is 1.73 bits per heavy atom. The molecular formula is C23H27F2N3O5. The van der Waals surface area contributed by atoms with Crippen molar-refractivity contribution >= 4 is 17.7 Å². The zero-order valence-corrected chi connectivity index (χ0v) is 18.7. The molecule has 0 fully saturated rings. The van der Waals surface area contributed by atoms with Gasteiger partial charge in [0, 0.05) is 24.6 Å². The summed E-state index contributed by atoms with van der Waals surface area (Å²) < 4.78 is 37.4. The fourth-order valence-corrected chi connectivity index (χ4v) is 2.65. The predicted molar refractivity (Wildman–Crippen MR) is 117 cm³/mol. The number of rotatable bonds is 10. The molecule has 0 aliphatic carbocycles. The van der Waals surface area contributed by atoms with Crippen molar-refractivity contribution in [3.63, 3.8) is 0 Å². The van der Waals surface area contributed by atoms with Crippen LogP contribution in [0, 0.1) is 17.6 Å². The van der Waals surface area contributed by atoms with Crippen LogP contribution in [0.3, 0.4) is 0 Å². The van der Waals surface area contributed by atoms with Crippen molar-refractivity contribution in [2.24, 2.45) is 5.92 Å². The standard InChI is InChI=1S/C23H27F2N3O5/c1-14(2)9-11-33-19-7-4-15(12-20(19)32-3)22(30)28-27-21(29)8-10-26-23(31)17-6-5-16(24)13-18(17)25/h4-7,12-14H,8-11H2,1-3H3,(H,26,31)(H,27,29)(H,28,30).